The predicted molar refractivity (Wildman–Crippen MR) is 105 cm³/mol. The van der Waals surface area contributed by atoms with Gasteiger partial charge in [-0.3, -0.25) is 9.78 Å². The lowest BCUT2D eigenvalue weighted by Crippen LogP contribution is -2.15. The third-order valence-electron chi connectivity index (χ3n) is 4.07. The molecular weight excluding hydrogens is 352 g/mol. The normalized spacial score (nSPS) is 10.4. The summed E-state index contributed by atoms with van der Waals surface area (Å²) in [7, 11) is 0. The number of nitrogens with zero attached hydrogens (tertiary/aromatic N) is 5. The van der Waals surface area contributed by atoms with Crippen LogP contribution in [0.3, 0.4) is 0 Å². The lowest BCUT2D eigenvalue weighted by molar-refractivity contribution is -0.115. The van der Waals surface area contributed by atoms with Crippen LogP contribution in [-0.2, 0) is 11.2 Å². The summed E-state index contributed by atoms with van der Waals surface area (Å²) >= 11 is 0. The molecule has 0 fully saturated rings. The number of hydrogen-bond acceptors (Lipinski definition) is 6. The van der Waals surface area contributed by atoms with Gasteiger partial charge in [0.15, 0.2) is 5.82 Å². The SMILES string of the molecule is O=C(Cc1ccc(-c2ccnnc2)nc1)Nc1ccc(-c2ccccc2)nn1. The molecule has 7 nitrogen and oxygen atoms in total. The van der Waals surface area contributed by atoms with E-state index in [9.17, 15) is 4.79 Å². The van der Waals surface area contributed by atoms with Crippen molar-refractivity contribution in [2.45, 2.75) is 6.42 Å². The summed E-state index contributed by atoms with van der Waals surface area (Å²) in [5, 5.41) is 18.6. The van der Waals surface area contributed by atoms with E-state index in [0.717, 1.165) is 28.1 Å². The van der Waals surface area contributed by atoms with E-state index in [-0.39, 0.29) is 12.3 Å². The van der Waals surface area contributed by atoms with Crippen LogP contribution in [-0.4, -0.2) is 31.3 Å². The highest BCUT2D eigenvalue weighted by atomic mass is 16.1. The average molecular weight is 368 g/mol. The first-order chi connectivity index (χ1) is 13.8. The third kappa shape index (κ3) is 4.21. The van der Waals surface area contributed by atoms with Gasteiger partial charge in [0.1, 0.15) is 0 Å². The van der Waals surface area contributed by atoms with Crippen LogP contribution in [0.1, 0.15) is 5.56 Å². The van der Waals surface area contributed by atoms with Gasteiger partial charge in [-0.25, -0.2) is 0 Å². The van der Waals surface area contributed by atoms with Crippen LogP contribution in [0.15, 0.2) is 79.3 Å². The number of pyridine rings is 1. The van der Waals surface area contributed by atoms with Gasteiger partial charge in [0.2, 0.25) is 5.91 Å². The zero-order chi connectivity index (χ0) is 19.2. The fourth-order valence-corrected chi connectivity index (χ4v) is 2.68. The van der Waals surface area contributed by atoms with Crippen LogP contribution in [0.25, 0.3) is 22.5 Å². The number of amides is 1. The van der Waals surface area contributed by atoms with Gasteiger partial charge >= 0.3 is 0 Å². The summed E-state index contributed by atoms with van der Waals surface area (Å²) in [5.41, 5.74) is 4.19. The van der Waals surface area contributed by atoms with E-state index in [0.29, 0.717) is 5.82 Å². The van der Waals surface area contributed by atoms with E-state index in [2.05, 4.69) is 30.7 Å². The molecule has 1 N–H and O–H groups in total. The lowest BCUT2D eigenvalue weighted by Gasteiger charge is -2.06. The monoisotopic (exact) mass is 368 g/mol. The maximum Gasteiger partial charge on any atom is 0.230 e. The van der Waals surface area contributed by atoms with Crippen molar-refractivity contribution in [2.75, 3.05) is 5.32 Å². The second-order valence-corrected chi connectivity index (χ2v) is 6.08. The van der Waals surface area contributed by atoms with Crippen LogP contribution in [0.4, 0.5) is 5.82 Å². The Balaban J connectivity index is 1.38. The van der Waals surface area contributed by atoms with Crippen molar-refractivity contribution >= 4 is 11.7 Å². The zero-order valence-electron chi connectivity index (χ0n) is 14.9. The molecule has 0 unspecified atom stereocenters. The molecule has 0 aliphatic heterocycles. The molecule has 4 rings (SSSR count). The van der Waals surface area contributed by atoms with Crippen molar-refractivity contribution in [3.8, 4) is 22.5 Å². The first-order valence-electron chi connectivity index (χ1n) is 8.69. The van der Waals surface area contributed by atoms with E-state index in [1.165, 1.54) is 0 Å². The first-order valence-corrected chi connectivity index (χ1v) is 8.69. The van der Waals surface area contributed by atoms with Gasteiger partial charge in [-0.15, -0.1) is 10.2 Å². The van der Waals surface area contributed by atoms with Crippen LogP contribution in [0.2, 0.25) is 0 Å². The molecule has 3 aromatic heterocycles. The molecule has 3 heterocycles. The van der Waals surface area contributed by atoms with Gasteiger partial charge in [-0.1, -0.05) is 36.4 Å². The van der Waals surface area contributed by atoms with Gasteiger partial charge in [-0.05, 0) is 29.8 Å². The van der Waals surface area contributed by atoms with Gasteiger partial charge in [0, 0.05) is 17.3 Å². The fourth-order valence-electron chi connectivity index (χ4n) is 2.68. The Morgan fingerprint density at radius 1 is 0.786 bits per heavy atom. The third-order valence-corrected chi connectivity index (χ3v) is 4.07. The topological polar surface area (TPSA) is 93.5 Å². The molecule has 28 heavy (non-hydrogen) atoms. The number of aromatic nitrogens is 5. The highest BCUT2D eigenvalue weighted by molar-refractivity contribution is 5.91. The van der Waals surface area contributed by atoms with E-state index in [1.54, 1.807) is 24.7 Å². The Bertz CT molecular complexity index is 965. The second-order valence-electron chi connectivity index (χ2n) is 6.08. The van der Waals surface area contributed by atoms with Crippen molar-refractivity contribution < 1.29 is 4.79 Å². The number of benzene rings is 1. The highest BCUT2D eigenvalue weighted by Crippen LogP contribution is 2.17. The number of carbonyl (C=O) groups is 1. The van der Waals surface area contributed by atoms with E-state index >= 15 is 0 Å². The minimum absolute atomic E-state index is 0.179. The minimum atomic E-state index is -0.179. The second kappa shape index (κ2) is 8.13. The van der Waals surface area contributed by atoms with Gasteiger partial charge < -0.3 is 5.32 Å². The quantitative estimate of drug-likeness (QED) is 0.581. The van der Waals surface area contributed by atoms with Crippen LogP contribution in [0, 0.1) is 0 Å². The van der Waals surface area contributed by atoms with Crippen molar-refractivity contribution in [3.05, 3.63) is 84.8 Å². The summed E-state index contributed by atoms with van der Waals surface area (Å²) < 4.78 is 0. The minimum Gasteiger partial charge on any atom is -0.309 e. The molecule has 0 aliphatic carbocycles. The van der Waals surface area contributed by atoms with Crippen molar-refractivity contribution in [1.82, 2.24) is 25.4 Å². The summed E-state index contributed by atoms with van der Waals surface area (Å²) in [5.74, 6) is 0.235. The Hall–Kier alpha value is -4.00. The number of anilines is 1. The molecule has 4 aromatic rings. The van der Waals surface area contributed by atoms with Gasteiger partial charge in [0.25, 0.3) is 0 Å². The summed E-state index contributed by atoms with van der Waals surface area (Å²) in [4.78, 5) is 16.6. The molecule has 0 spiro atoms. The number of carbonyl (C=O) groups excluding carboxylic acids is 1. The average Bonchev–Trinajstić information content (AvgIpc) is 2.76. The molecule has 7 heteroatoms. The van der Waals surface area contributed by atoms with Gasteiger partial charge in [-0.2, -0.15) is 10.2 Å². The maximum atomic E-state index is 12.3. The molecule has 0 aliphatic rings. The largest absolute Gasteiger partial charge is 0.309 e. The van der Waals surface area contributed by atoms with Gasteiger partial charge in [0.05, 0.1) is 30.2 Å². The molecule has 1 aromatic carbocycles. The van der Waals surface area contributed by atoms with E-state index in [1.807, 2.05) is 54.6 Å². The number of nitrogens with one attached hydrogen (secondary N) is 1. The first kappa shape index (κ1) is 17.4. The molecule has 0 saturated carbocycles. The predicted octanol–water partition coefficient (Wildman–Crippen LogP) is 3.18. The lowest BCUT2D eigenvalue weighted by atomic mass is 10.1. The Kier molecular flexibility index (Phi) is 5.06. The standard InChI is InChI=1S/C21H16N6O/c28-21(12-15-6-7-18(22-13-15)17-10-11-23-24-14-17)25-20-9-8-19(26-27-20)16-4-2-1-3-5-16/h1-11,13-14H,12H2,(H,25,27,28). The molecule has 0 saturated heterocycles. The number of hydrogen-bond donors (Lipinski definition) is 1. The molecule has 0 radical (unpaired) electrons. The Morgan fingerprint density at radius 2 is 1.64 bits per heavy atom. The van der Waals surface area contributed by atoms with Crippen molar-refractivity contribution in [3.63, 3.8) is 0 Å². The molecular formula is C21H16N6O. The van der Waals surface area contributed by atoms with E-state index < -0.39 is 0 Å². The summed E-state index contributed by atoms with van der Waals surface area (Å²) in [6.07, 6.45) is 5.14. The Labute approximate surface area is 161 Å². The molecule has 0 bridgehead atoms. The highest BCUT2D eigenvalue weighted by Gasteiger charge is 2.08. The van der Waals surface area contributed by atoms with Crippen molar-refractivity contribution in [1.29, 1.82) is 0 Å². The van der Waals surface area contributed by atoms with E-state index in [4.69, 9.17) is 0 Å². The molecule has 136 valence electrons. The van der Waals surface area contributed by atoms with Crippen LogP contribution >= 0.6 is 0 Å². The molecule has 1 amide bonds. The number of rotatable bonds is 5. The van der Waals surface area contributed by atoms with Crippen LogP contribution in [0.5, 0.6) is 0 Å². The smallest absolute Gasteiger partial charge is 0.230 e. The summed E-state index contributed by atoms with van der Waals surface area (Å²) in [6.45, 7) is 0. The molecule has 0 atom stereocenters. The van der Waals surface area contributed by atoms with Crippen molar-refractivity contribution in [2.24, 2.45) is 0 Å². The van der Waals surface area contributed by atoms with Crippen LogP contribution < -0.4 is 5.32 Å². The fraction of sp³-hybridized carbons (Fsp3) is 0.0476. The maximum absolute atomic E-state index is 12.3. The summed E-state index contributed by atoms with van der Waals surface area (Å²) in [6, 6.07) is 18.9. The Morgan fingerprint density at radius 3 is 2.32 bits per heavy atom. The zero-order valence-corrected chi connectivity index (χ0v) is 14.9.